The molecule has 0 fully saturated rings. The van der Waals surface area contributed by atoms with Gasteiger partial charge < -0.3 is 10.6 Å². The van der Waals surface area contributed by atoms with Gasteiger partial charge in [-0.15, -0.1) is 0 Å². The second kappa shape index (κ2) is 1.69. The highest BCUT2D eigenvalue weighted by molar-refractivity contribution is 5.08. The molecule has 0 bridgehead atoms. The molecule has 5 heteroatoms. The highest BCUT2D eigenvalue weighted by atomic mass is 16.7. The minimum absolute atomic E-state index is 0.215. The van der Waals surface area contributed by atoms with Crippen molar-refractivity contribution in [1.82, 2.24) is 14.9 Å². The van der Waals surface area contributed by atoms with Gasteiger partial charge in [-0.1, -0.05) is 9.94 Å². The Morgan fingerprint density at radius 2 is 2.62 bits per heavy atom. The molecule has 0 atom stereocenters. The van der Waals surface area contributed by atoms with Crippen molar-refractivity contribution in [2.24, 2.45) is 0 Å². The zero-order chi connectivity index (χ0) is 5.98. The summed E-state index contributed by atoms with van der Waals surface area (Å²) in [5, 5.41) is 3.59. The van der Waals surface area contributed by atoms with E-state index in [-0.39, 0.29) is 5.95 Å². The molecule has 8 heavy (non-hydrogen) atoms. The minimum atomic E-state index is 0.215. The molecule has 1 rings (SSSR count). The van der Waals surface area contributed by atoms with E-state index in [0.717, 1.165) is 0 Å². The van der Waals surface area contributed by atoms with Crippen molar-refractivity contribution in [2.75, 3.05) is 12.8 Å². The van der Waals surface area contributed by atoms with Gasteiger partial charge in [0.1, 0.15) is 7.11 Å². The second-order valence-electron chi connectivity index (χ2n) is 1.19. The molecule has 5 nitrogen and oxygen atoms in total. The number of hydrogen-bond acceptors (Lipinski definition) is 4. The highest BCUT2D eigenvalue weighted by Crippen LogP contribution is 1.83. The average Bonchev–Trinajstić information content (AvgIpc) is 2.14. The molecule has 0 radical (unpaired) electrons. The van der Waals surface area contributed by atoms with Crippen LogP contribution in [-0.2, 0) is 0 Å². The lowest BCUT2D eigenvalue weighted by Gasteiger charge is -1.90. The van der Waals surface area contributed by atoms with Crippen LogP contribution in [-0.4, -0.2) is 22.0 Å². The van der Waals surface area contributed by atoms with Crippen molar-refractivity contribution in [3.05, 3.63) is 6.33 Å². The zero-order valence-electron chi connectivity index (χ0n) is 4.40. The van der Waals surface area contributed by atoms with Crippen molar-refractivity contribution >= 4 is 5.95 Å². The Kier molecular flexibility index (Phi) is 1.03. The lowest BCUT2D eigenvalue weighted by molar-refractivity contribution is 0.134. The number of nitrogen functional groups attached to an aromatic ring is 1. The Balaban J connectivity index is 2.84. The molecular weight excluding hydrogens is 108 g/mol. The topological polar surface area (TPSA) is 66.0 Å². The molecule has 0 aliphatic carbocycles. The SMILES string of the molecule is COn1cnc(N)n1. The highest BCUT2D eigenvalue weighted by Gasteiger charge is 1.89. The minimum Gasteiger partial charge on any atom is -0.399 e. The van der Waals surface area contributed by atoms with Crippen LogP contribution >= 0.6 is 0 Å². The van der Waals surface area contributed by atoms with Gasteiger partial charge in [0.05, 0.1) is 0 Å². The quantitative estimate of drug-likeness (QED) is 0.504. The van der Waals surface area contributed by atoms with Crippen LogP contribution < -0.4 is 10.6 Å². The van der Waals surface area contributed by atoms with E-state index in [1.54, 1.807) is 0 Å². The summed E-state index contributed by atoms with van der Waals surface area (Å²) in [4.78, 5) is 9.37. The normalized spacial score (nSPS) is 9.12. The standard InChI is InChI=1S/C3H6N4O/c1-8-7-2-5-3(4)6-7/h2H,1H3,(H2,4,6). The summed E-state index contributed by atoms with van der Waals surface area (Å²) in [6.45, 7) is 0. The van der Waals surface area contributed by atoms with Crippen LogP contribution in [0.15, 0.2) is 6.33 Å². The van der Waals surface area contributed by atoms with E-state index < -0.39 is 0 Å². The molecule has 0 saturated carbocycles. The van der Waals surface area contributed by atoms with Crippen molar-refractivity contribution in [3.8, 4) is 0 Å². The van der Waals surface area contributed by atoms with Gasteiger partial charge in [-0.2, -0.15) is 4.98 Å². The fourth-order valence-corrected chi connectivity index (χ4v) is 0.349. The number of nitrogens with two attached hydrogens (primary N) is 1. The molecule has 1 aromatic rings. The Morgan fingerprint density at radius 1 is 1.88 bits per heavy atom. The maximum Gasteiger partial charge on any atom is 0.243 e. The van der Waals surface area contributed by atoms with Crippen molar-refractivity contribution in [1.29, 1.82) is 0 Å². The number of nitrogens with zero attached hydrogens (tertiary/aromatic N) is 3. The fourth-order valence-electron chi connectivity index (χ4n) is 0.349. The Morgan fingerprint density at radius 3 is 2.88 bits per heavy atom. The largest absolute Gasteiger partial charge is 0.399 e. The Labute approximate surface area is 46.0 Å². The number of aromatic nitrogens is 3. The van der Waals surface area contributed by atoms with Crippen LogP contribution in [0.2, 0.25) is 0 Å². The lowest BCUT2D eigenvalue weighted by Crippen LogP contribution is -2.05. The summed E-state index contributed by atoms with van der Waals surface area (Å²) in [6.07, 6.45) is 1.38. The smallest absolute Gasteiger partial charge is 0.243 e. The van der Waals surface area contributed by atoms with Gasteiger partial charge in [-0.3, -0.25) is 0 Å². The summed E-state index contributed by atoms with van der Waals surface area (Å²) >= 11 is 0. The van der Waals surface area contributed by atoms with Gasteiger partial charge in [0.2, 0.25) is 5.95 Å². The van der Waals surface area contributed by atoms with Crippen LogP contribution in [0.4, 0.5) is 5.95 Å². The molecule has 0 spiro atoms. The van der Waals surface area contributed by atoms with Crippen LogP contribution in [0.25, 0.3) is 0 Å². The maximum atomic E-state index is 5.13. The molecule has 1 aromatic heterocycles. The van der Waals surface area contributed by atoms with Gasteiger partial charge >= 0.3 is 0 Å². The van der Waals surface area contributed by atoms with E-state index in [9.17, 15) is 0 Å². The van der Waals surface area contributed by atoms with E-state index >= 15 is 0 Å². The first-order valence-electron chi connectivity index (χ1n) is 2.04. The van der Waals surface area contributed by atoms with Gasteiger partial charge in [0.15, 0.2) is 6.33 Å². The summed E-state index contributed by atoms with van der Waals surface area (Å²) in [6, 6.07) is 0. The first kappa shape index (κ1) is 4.89. The molecule has 0 saturated heterocycles. The van der Waals surface area contributed by atoms with E-state index in [4.69, 9.17) is 5.73 Å². The molecule has 0 unspecified atom stereocenters. The van der Waals surface area contributed by atoms with Gasteiger partial charge in [0, 0.05) is 0 Å². The molecule has 1 heterocycles. The van der Waals surface area contributed by atoms with Crippen molar-refractivity contribution in [3.63, 3.8) is 0 Å². The van der Waals surface area contributed by atoms with E-state index in [0.29, 0.717) is 0 Å². The van der Waals surface area contributed by atoms with Crippen LogP contribution in [0.5, 0.6) is 0 Å². The molecule has 0 aliphatic rings. The van der Waals surface area contributed by atoms with Crippen LogP contribution in [0, 0.1) is 0 Å². The molecule has 0 aliphatic heterocycles. The monoisotopic (exact) mass is 114 g/mol. The number of hydrogen-bond donors (Lipinski definition) is 1. The summed E-state index contributed by atoms with van der Waals surface area (Å²) in [5.74, 6) is 0.215. The first-order valence-corrected chi connectivity index (χ1v) is 2.04. The molecular formula is C3H6N4O. The molecule has 0 aromatic carbocycles. The second-order valence-corrected chi connectivity index (χ2v) is 1.19. The van der Waals surface area contributed by atoms with Crippen LogP contribution in [0.3, 0.4) is 0 Å². The molecule has 44 valence electrons. The van der Waals surface area contributed by atoms with Gasteiger partial charge in [-0.25, -0.2) is 0 Å². The van der Waals surface area contributed by atoms with E-state index in [1.165, 1.54) is 18.3 Å². The summed E-state index contributed by atoms with van der Waals surface area (Å²) in [7, 11) is 1.48. The number of anilines is 1. The molecule has 2 N–H and O–H groups in total. The molecule has 0 amide bonds. The van der Waals surface area contributed by atoms with Gasteiger partial charge in [-0.05, 0) is 0 Å². The average molecular weight is 114 g/mol. The van der Waals surface area contributed by atoms with Crippen LogP contribution in [0.1, 0.15) is 0 Å². The summed E-state index contributed by atoms with van der Waals surface area (Å²) in [5.41, 5.74) is 5.13. The van der Waals surface area contributed by atoms with Crippen molar-refractivity contribution < 1.29 is 4.84 Å². The zero-order valence-corrected chi connectivity index (χ0v) is 4.40. The maximum absolute atomic E-state index is 5.13. The predicted molar refractivity (Wildman–Crippen MR) is 26.9 cm³/mol. The Bertz CT molecular complexity index is 172. The third kappa shape index (κ3) is 0.699. The van der Waals surface area contributed by atoms with Crippen molar-refractivity contribution in [2.45, 2.75) is 0 Å². The summed E-state index contributed by atoms with van der Waals surface area (Å²) < 4.78 is 0. The van der Waals surface area contributed by atoms with Gasteiger partial charge in [0.25, 0.3) is 0 Å². The third-order valence-corrected chi connectivity index (χ3v) is 0.677. The predicted octanol–water partition coefficient (Wildman–Crippen LogP) is -1.08. The first-order chi connectivity index (χ1) is 3.83. The fraction of sp³-hybridized carbons (Fsp3) is 0.333. The number of rotatable bonds is 1. The van der Waals surface area contributed by atoms with E-state index in [1.807, 2.05) is 0 Å². The Hall–Kier alpha value is -1.26. The third-order valence-electron chi connectivity index (χ3n) is 0.677. The lowest BCUT2D eigenvalue weighted by atomic mass is 11.1. The van der Waals surface area contributed by atoms with E-state index in [2.05, 4.69) is 14.9 Å².